The fourth-order valence-electron chi connectivity index (χ4n) is 1.91. The third-order valence-corrected chi connectivity index (χ3v) is 3.15. The van der Waals surface area contributed by atoms with Gasteiger partial charge in [0.05, 0.1) is 13.2 Å². The Morgan fingerprint density at radius 1 is 1.37 bits per heavy atom. The van der Waals surface area contributed by atoms with Gasteiger partial charge in [-0.1, -0.05) is 11.6 Å². The molecule has 2 N–H and O–H groups in total. The normalized spacial score (nSPS) is 16.3. The number of benzene rings is 1. The van der Waals surface area contributed by atoms with Crippen LogP contribution in [0, 0.1) is 0 Å². The number of amides is 1. The Balaban J connectivity index is 1.86. The van der Waals surface area contributed by atoms with Crippen molar-refractivity contribution in [3.05, 3.63) is 28.8 Å². The number of carbonyl (C=O) groups is 1. The van der Waals surface area contributed by atoms with E-state index in [2.05, 4.69) is 4.90 Å². The van der Waals surface area contributed by atoms with Crippen molar-refractivity contribution in [2.24, 2.45) is 5.73 Å². The molecule has 1 aromatic carbocycles. The van der Waals surface area contributed by atoms with Crippen LogP contribution in [0.4, 0.5) is 0 Å². The topological polar surface area (TPSA) is 64.8 Å². The monoisotopic (exact) mass is 284 g/mol. The maximum absolute atomic E-state index is 11.1. The summed E-state index contributed by atoms with van der Waals surface area (Å²) in [5.74, 6) is 0.0510. The van der Waals surface area contributed by atoms with Gasteiger partial charge in [0, 0.05) is 30.2 Å². The van der Waals surface area contributed by atoms with Gasteiger partial charge in [0.25, 0.3) is 0 Å². The van der Waals surface area contributed by atoms with Crippen LogP contribution in [-0.2, 0) is 4.74 Å². The van der Waals surface area contributed by atoms with E-state index in [1.54, 1.807) is 12.1 Å². The Labute approximate surface area is 117 Å². The highest BCUT2D eigenvalue weighted by atomic mass is 35.5. The standard InChI is InChI=1S/C13H17ClN2O3/c14-11-7-10(13(15)17)8-12(9-11)19-6-3-16-1-4-18-5-2-16/h7-9H,1-6H2,(H2,15,17). The van der Waals surface area contributed by atoms with Gasteiger partial charge in [-0.2, -0.15) is 0 Å². The van der Waals surface area contributed by atoms with Gasteiger partial charge in [-0.3, -0.25) is 9.69 Å². The molecule has 6 heteroatoms. The number of ether oxygens (including phenoxy) is 2. The van der Waals surface area contributed by atoms with Crippen LogP contribution in [0.5, 0.6) is 5.75 Å². The van der Waals surface area contributed by atoms with Gasteiger partial charge in [0.2, 0.25) is 5.91 Å². The molecular weight excluding hydrogens is 268 g/mol. The lowest BCUT2D eigenvalue weighted by atomic mass is 10.2. The van der Waals surface area contributed by atoms with Crippen LogP contribution in [0.25, 0.3) is 0 Å². The van der Waals surface area contributed by atoms with Crippen molar-refractivity contribution in [1.29, 1.82) is 0 Å². The van der Waals surface area contributed by atoms with Crippen LogP contribution in [0.3, 0.4) is 0 Å². The fourth-order valence-corrected chi connectivity index (χ4v) is 2.13. The van der Waals surface area contributed by atoms with Crippen molar-refractivity contribution in [3.8, 4) is 5.75 Å². The summed E-state index contributed by atoms with van der Waals surface area (Å²) in [5.41, 5.74) is 5.58. The van der Waals surface area contributed by atoms with Crippen LogP contribution in [0.15, 0.2) is 18.2 Å². The number of rotatable bonds is 5. The number of nitrogens with zero attached hydrogens (tertiary/aromatic N) is 1. The Morgan fingerprint density at radius 3 is 2.79 bits per heavy atom. The lowest BCUT2D eigenvalue weighted by Gasteiger charge is -2.26. The van der Waals surface area contributed by atoms with Crippen molar-refractivity contribution < 1.29 is 14.3 Å². The van der Waals surface area contributed by atoms with E-state index >= 15 is 0 Å². The maximum Gasteiger partial charge on any atom is 0.248 e. The van der Waals surface area contributed by atoms with E-state index in [1.165, 1.54) is 6.07 Å². The molecule has 1 heterocycles. The number of morpholine rings is 1. The van der Waals surface area contributed by atoms with Gasteiger partial charge in [-0.05, 0) is 18.2 Å². The SMILES string of the molecule is NC(=O)c1cc(Cl)cc(OCCN2CCOCC2)c1. The van der Waals surface area contributed by atoms with Crippen LogP contribution in [0.1, 0.15) is 10.4 Å². The van der Waals surface area contributed by atoms with Gasteiger partial charge < -0.3 is 15.2 Å². The molecule has 1 aromatic rings. The summed E-state index contributed by atoms with van der Waals surface area (Å²) in [5, 5.41) is 0.442. The second-order valence-electron chi connectivity index (χ2n) is 4.34. The molecule has 19 heavy (non-hydrogen) atoms. The van der Waals surface area contributed by atoms with Gasteiger partial charge in [0.1, 0.15) is 12.4 Å². The molecule has 1 saturated heterocycles. The van der Waals surface area contributed by atoms with E-state index in [1.807, 2.05) is 0 Å². The summed E-state index contributed by atoms with van der Waals surface area (Å²) >= 11 is 5.91. The van der Waals surface area contributed by atoms with Crippen molar-refractivity contribution in [2.45, 2.75) is 0 Å². The molecule has 0 atom stereocenters. The number of carbonyl (C=O) groups excluding carboxylic acids is 1. The molecule has 2 rings (SSSR count). The predicted molar refractivity (Wildman–Crippen MR) is 72.7 cm³/mol. The Kier molecular flexibility index (Phi) is 5.01. The van der Waals surface area contributed by atoms with Gasteiger partial charge in [-0.25, -0.2) is 0 Å². The molecule has 104 valence electrons. The van der Waals surface area contributed by atoms with E-state index in [0.717, 1.165) is 32.8 Å². The molecule has 0 radical (unpaired) electrons. The van der Waals surface area contributed by atoms with E-state index in [-0.39, 0.29) is 0 Å². The van der Waals surface area contributed by atoms with Crippen molar-refractivity contribution in [2.75, 3.05) is 39.5 Å². The van der Waals surface area contributed by atoms with Crippen LogP contribution in [0.2, 0.25) is 5.02 Å². The summed E-state index contributed by atoms with van der Waals surface area (Å²) in [6.07, 6.45) is 0. The highest BCUT2D eigenvalue weighted by molar-refractivity contribution is 6.31. The molecule has 0 spiro atoms. The maximum atomic E-state index is 11.1. The number of primary amides is 1. The molecule has 1 aliphatic heterocycles. The van der Waals surface area contributed by atoms with E-state index in [4.69, 9.17) is 26.8 Å². The summed E-state index contributed by atoms with van der Waals surface area (Å²) < 4.78 is 10.9. The summed E-state index contributed by atoms with van der Waals surface area (Å²) in [7, 11) is 0. The summed E-state index contributed by atoms with van der Waals surface area (Å²) in [6.45, 7) is 4.74. The zero-order chi connectivity index (χ0) is 13.7. The third-order valence-electron chi connectivity index (χ3n) is 2.94. The van der Waals surface area contributed by atoms with E-state index in [0.29, 0.717) is 22.9 Å². The van der Waals surface area contributed by atoms with Crippen LogP contribution < -0.4 is 10.5 Å². The molecule has 0 aromatic heterocycles. The minimum atomic E-state index is -0.513. The quantitative estimate of drug-likeness (QED) is 0.881. The van der Waals surface area contributed by atoms with Crippen LogP contribution >= 0.6 is 11.6 Å². The Morgan fingerprint density at radius 2 is 2.11 bits per heavy atom. The first-order valence-corrected chi connectivity index (χ1v) is 6.56. The first-order valence-electron chi connectivity index (χ1n) is 6.18. The Hall–Kier alpha value is -1.30. The highest BCUT2D eigenvalue weighted by Gasteiger charge is 2.10. The summed E-state index contributed by atoms with van der Waals surface area (Å²) in [4.78, 5) is 13.4. The fraction of sp³-hybridized carbons (Fsp3) is 0.462. The molecule has 1 fully saturated rings. The lowest BCUT2D eigenvalue weighted by molar-refractivity contribution is 0.0322. The molecule has 0 aliphatic carbocycles. The average Bonchev–Trinajstić information content (AvgIpc) is 2.39. The number of hydrogen-bond donors (Lipinski definition) is 1. The largest absolute Gasteiger partial charge is 0.492 e. The lowest BCUT2D eigenvalue weighted by Crippen LogP contribution is -2.38. The van der Waals surface area contributed by atoms with E-state index < -0.39 is 5.91 Å². The third kappa shape index (κ3) is 4.38. The molecular formula is C13H17ClN2O3. The minimum Gasteiger partial charge on any atom is -0.492 e. The van der Waals surface area contributed by atoms with Crippen molar-refractivity contribution in [3.63, 3.8) is 0 Å². The van der Waals surface area contributed by atoms with Crippen molar-refractivity contribution in [1.82, 2.24) is 4.90 Å². The van der Waals surface area contributed by atoms with E-state index in [9.17, 15) is 4.79 Å². The molecule has 0 bridgehead atoms. The molecule has 1 amide bonds. The smallest absolute Gasteiger partial charge is 0.248 e. The van der Waals surface area contributed by atoms with Crippen LogP contribution in [-0.4, -0.2) is 50.3 Å². The van der Waals surface area contributed by atoms with Crippen molar-refractivity contribution >= 4 is 17.5 Å². The molecule has 0 unspecified atom stereocenters. The number of halogens is 1. The predicted octanol–water partition coefficient (Wildman–Crippen LogP) is 1.15. The van der Waals surface area contributed by atoms with Gasteiger partial charge >= 0.3 is 0 Å². The van der Waals surface area contributed by atoms with Gasteiger partial charge in [0.15, 0.2) is 0 Å². The molecule has 1 aliphatic rings. The average molecular weight is 285 g/mol. The number of hydrogen-bond acceptors (Lipinski definition) is 4. The first-order chi connectivity index (χ1) is 9.15. The first kappa shape index (κ1) is 14.1. The minimum absolute atomic E-state index is 0.355. The summed E-state index contributed by atoms with van der Waals surface area (Å²) in [6, 6.07) is 4.81. The Bertz CT molecular complexity index is 448. The second kappa shape index (κ2) is 6.75. The zero-order valence-corrected chi connectivity index (χ0v) is 11.4. The zero-order valence-electron chi connectivity index (χ0n) is 10.6. The highest BCUT2D eigenvalue weighted by Crippen LogP contribution is 2.20. The number of nitrogens with two attached hydrogens (primary N) is 1. The molecule has 0 saturated carbocycles. The second-order valence-corrected chi connectivity index (χ2v) is 4.78. The molecule has 5 nitrogen and oxygen atoms in total. The van der Waals surface area contributed by atoms with Gasteiger partial charge in [-0.15, -0.1) is 0 Å².